The van der Waals surface area contributed by atoms with Gasteiger partial charge in [-0.05, 0) is 56.8 Å². The third kappa shape index (κ3) is 4.86. The third-order valence-corrected chi connectivity index (χ3v) is 4.09. The van der Waals surface area contributed by atoms with Crippen molar-refractivity contribution in [1.29, 1.82) is 0 Å². The van der Waals surface area contributed by atoms with Crippen LogP contribution in [0.2, 0.25) is 0 Å². The average molecular weight is 305 g/mol. The van der Waals surface area contributed by atoms with Crippen molar-refractivity contribution >= 4 is 11.8 Å². The van der Waals surface area contributed by atoms with Gasteiger partial charge in [0, 0.05) is 22.9 Å². The fourth-order valence-electron chi connectivity index (χ4n) is 2.05. The number of hydrogen-bond donors (Lipinski definition) is 1. The number of hydrogen-bond acceptors (Lipinski definition) is 5. The summed E-state index contributed by atoms with van der Waals surface area (Å²) >= 11 is 1.72. The van der Waals surface area contributed by atoms with E-state index in [0.29, 0.717) is 17.8 Å². The fraction of sp³-hybridized carbons (Fsp3) is 0.500. The van der Waals surface area contributed by atoms with E-state index in [-0.39, 0.29) is 0 Å². The lowest BCUT2D eigenvalue weighted by Gasteiger charge is -2.10. The molecule has 0 aliphatic carbocycles. The Hall–Kier alpha value is -1.33. The van der Waals surface area contributed by atoms with Gasteiger partial charge in [-0.1, -0.05) is 12.1 Å². The molecule has 0 saturated heterocycles. The van der Waals surface area contributed by atoms with E-state index in [1.807, 2.05) is 12.1 Å². The highest BCUT2D eigenvalue weighted by atomic mass is 32.2. The molecule has 0 bridgehead atoms. The molecule has 1 N–H and O–H groups in total. The van der Waals surface area contributed by atoms with E-state index in [9.17, 15) is 0 Å². The first-order valence-corrected chi connectivity index (χ1v) is 8.65. The molecule has 0 saturated carbocycles. The molecule has 1 aromatic heterocycles. The smallest absolute Gasteiger partial charge is 0.227 e. The van der Waals surface area contributed by atoms with E-state index in [4.69, 9.17) is 4.52 Å². The number of nitrogens with one attached hydrogen (secondary N) is 1. The average Bonchev–Trinajstić information content (AvgIpc) is 3.00. The molecule has 0 aliphatic heterocycles. The van der Waals surface area contributed by atoms with Crippen LogP contribution < -0.4 is 5.32 Å². The minimum atomic E-state index is 0.473. The molecule has 0 amide bonds. The minimum Gasteiger partial charge on any atom is -0.339 e. The summed E-state index contributed by atoms with van der Waals surface area (Å²) in [6, 6.07) is 8.69. The lowest BCUT2D eigenvalue weighted by atomic mass is 10.2. The van der Waals surface area contributed by atoms with Crippen LogP contribution in [-0.2, 0) is 6.42 Å². The molecule has 4 nitrogen and oxygen atoms in total. The van der Waals surface area contributed by atoms with Crippen molar-refractivity contribution in [3.63, 3.8) is 0 Å². The van der Waals surface area contributed by atoms with Crippen molar-refractivity contribution in [2.45, 2.75) is 44.0 Å². The van der Waals surface area contributed by atoms with Gasteiger partial charge in [-0.15, -0.1) is 11.8 Å². The van der Waals surface area contributed by atoms with Crippen molar-refractivity contribution < 1.29 is 4.52 Å². The van der Waals surface area contributed by atoms with Crippen LogP contribution in [0.1, 0.15) is 32.6 Å². The first-order chi connectivity index (χ1) is 10.2. The van der Waals surface area contributed by atoms with Gasteiger partial charge in [0.25, 0.3) is 0 Å². The standard InChI is InChI=1S/C16H23N3OS/c1-4-11-17-12(2)5-10-15-18-16(19-20-15)13-6-8-14(21-3)9-7-13/h6-9,12,17H,4-5,10-11H2,1-3H3. The normalized spacial score (nSPS) is 12.5. The van der Waals surface area contributed by atoms with Crippen LogP contribution in [-0.4, -0.2) is 29.0 Å². The summed E-state index contributed by atoms with van der Waals surface area (Å²) < 4.78 is 5.34. The van der Waals surface area contributed by atoms with E-state index in [1.165, 1.54) is 4.90 Å². The summed E-state index contributed by atoms with van der Waals surface area (Å²) in [6.45, 7) is 5.42. The minimum absolute atomic E-state index is 0.473. The molecule has 2 rings (SSSR count). The highest BCUT2D eigenvalue weighted by Crippen LogP contribution is 2.21. The van der Waals surface area contributed by atoms with Crippen molar-refractivity contribution in [2.24, 2.45) is 0 Å². The summed E-state index contributed by atoms with van der Waals surface area (Å²) in [7, 11) is 0. The van der Waals surface area contributed by atoms with Crippen LogP contribution in [0.15, 0.2) is 33.7 Å². The molecule has 0 aliphatic rings. The second-order valence-corrected chi connectivity index (χ2v) is 6.01. The maximum Gasteiger partial charge on any atom is 0.227 e. The Balaban J connectivity index is 1.91. The molecule has 114 valence electrons. The van der Waals surface area contributed by atoms with E-state index in [1.54, 1.807) is 11.8 Å². The van der Waals surface area contributed by atoms with Gasteiger partial charge in [0.2, 0.25) is 11.7 Å². The second-order valence-electron chi connectivity index (χ2n) is 5.13. The largest absolute Gasteiger partial charge is 0.339 e. The maximum atomic E-state index is 5.34. The van der Waals surface area contributed by atoms with Gasteiger partial charge < -0.3 is 9.84 Å². The predicted molar refractivity (Wildman–Crippen MR) is 87.6 cm³/mol. The SMILES string of the molecule is CCCNC(C)CCc1nc(-c2ccc(SC)cc2)no1. The second kappa shape index (κ2) is 8.20. The van der Waals surface area contributed by atoms with Gasteiger partial charge >= 0.3 is 0 Å². The Bertz CT molecular complexity index is 539. The molecule has 1 heterocycles. The molecule has 2 aromatic rings. The first kappa shape index (κ1) is 16.0. The lowest BCUT2D eigenvalue weighted by molar-refractivity contribution is 0.367. The lowest BCUT2D eigenvalue weighted by Crippen LogP contribution is -2.27. The van der Waals surface area contributed by atoms with Crippen LogP contribution in [0.25, 0.3) is 11.4 Å². The zero-order valence-corrected chi connectivity index (χ0v) is 13.7. The number of rotatable bonds is 8. The summed E-state index contributed by atoms with van der Waals surface area (Å²) in [5.74, 6) is 1.39. The van der Waals surface area contributed by atoms with E-state index in [2.05, 4.69) is 47.7 Å². The number of thioether (sulfide) groups is 1. The zero-order valence-electron chi connectivity index (χ0n) is 12.9. The van der Waals surface area contributed by atoms with Gasteiger partial charge in [-0.2, -0.15) is 4.98 Å². The summed E-state index contributed by atoms with van der Waals surface area (Å²) in [6.07, 6.45) is 5.04. The zero-order chi connectivity index (χ0) is 15.1. The van der Waals surface area contributed by atoms with E-state index in [0.717, 1.165) is 31.4 Å². The summed E-state index contributed by atoms with van der Waals surface area (Å²) in [4.78, 5) is 5.71. The third-order valence-electron chi connectivity index (χ3n) is 3.35. The fourth-order valence-corrected chi connectivity index (χ4v) is 2.45. The van der Waals surface area contributed by atoms with Crippen molar-refractivity contribution in [2.75, 3.05) is 12.8 Å². The Kier molecular flexibility index (Phi) is 6.26. The van der Waals surface area contributed by atoms with Gasteiger partial charge in [0.05, 0.1) is 0 Å². The Morgan fingerprint density at radius 2 is 2.05 bits per heavy atom. The van der Waals surface area contributed by atoms with E-state index < -0.39 is 0 Å². The van der Waals surface area contributed by atoms with Crippen LogP contribution in [0.5, 0.6) is 0 Å². The van der Waals surface area contributed by atoms with Crippen molar-refractivity contribution in [3.8, 4) is 11.4 Å². The quantitative estimate of drug-likeness (QED) is 0.752. The highest BCUT2D eigenvalue weighted by molar-refractivity contribution is 7.98. The Morgan fingerprint density at radius 3 is 2.71 bits per heavy atom. The Morgan fingerprint density at radius 1 is 1.29 bits per heavy atom. The van der Waals surface area contributed by atoms with Gasteiger partial charge in [-0.3, -0.25) is 0 Å². The number of benzene rings is 1. The molecule has 0 radical (unpaired) electrons. The number of nitrogens with zero attached hydrogens (tertiary/aromatic N) is 2. The van der Waals surface area contributed by atoms with E-state index >= 15 is 0 Å². The molecular weight excluding hydrogens is 282 g/mol. The maximum absolute atomic E-state index is 5.34. The summed E-state index contributed by atoms with van der Waals surface area (Å²) in [5, 5.41) is 7.53. The molecule has 1 unspecified atom stereocenters. The molecule has 0 spiro atoms. The van der Waals surface area contributed by atoms with Gasteiger partial charge in [-0.25, -0.2) is 0 Å². The van der Waals surface area contributed by atoms with Crippen LogP contribution >= 0.6 is 11.8 Å². The van der Waals surface area contributed by atoms with Gasteiger partial charge in [0.15, 0.2) is 0 Å². The topological polar surface area (TPSA) is 51.0 Å². The molecule has 1 atom stereocenters. The number of aromatic nitrogens is 2. The summed E-state index contributed by atoms with van der Waals surface area (Å²) in [5.41, 5.74) is 1.000. The first-order valence-electron chi connectivity index (χ1n) is 7.43. The van der Waals surface area contributed by atoms with Crippen molar-refractivity contribution in [1.82, 2.24) is 15.5 Å². The molecule has 5 heteroatoms. The molecular formula is C16H23N3OS. The monoisotopic (exact) mass is 305 g/mol. The Labute approximate surface area is 130 Å². The number of aryl methyl sites for hydroxylation is 1. The van der Waals surface area contributed by atoms with Gasteiger partial charge in [0.1, 0.15) is 0 Å². The van der Waals surface area contributed by atoms with Crippen LogP contribution in [0.3, 0.4) is 0 Å². The molecule has 21 heavy (non-hydrogen) atoms. The predicted octanol–water partition coefficient (Wildman–Crippen LogP) is 3.78. The van der Waals surface area contributed by atoms with Crippen molar-refractivity contribution in [3.05, 3.63) is 30.2 Å². The van der Waals surface area contributed by atoms with Crippen LogP contribution in [0, 0.1) is 0 Å². The molecule has 1 aromatic carbocycles. The van der Waals surface area contributed by atoms with Crippen LogP contribution in [0.4, 0.5) is 0 Å². The molecule has 0 fully saturated rings. The highest BCUT2D eigenvalue weighted by Gasteiger charge is 2.10.